The fourth-order valence-electron chi connectivity index (χ4n) is 2.46. The maximum Gasteiger partial charge on any atom is 0.240 e. The van der Waals surface area contributed by atoms with Crippen molar-refractivity contribution in [3.05, 3.63) is 22.7 Å². The van der Waals surface area contributed by atoms with Crippen LogP contribution in [0.15, 0.2) is 27.6 Å². The lowest BCUT2D eigenvalue weighted by Gasteiger charge is -2.30. The van der Waals surface area contributed by atoms with Crippen molar-refractivity contribution in [3.63, 3.8) is 0 Å². The van der Waals surface area contributed by atoms with E-state index in [1.807, 2.05) is 6.26 Å². The maximum absolute atomic E-state index is 12.4. The molecule has 0 radical (unpaired) electrons. The standard InChI is InChI=1S/C13H19BrN2O2S2/c1-19-13-5-3-2-4-12(13)16-20(17,18)9-6-7-11(15)10(14)8-9/h6-8,12-13,16H,2-5,15H2,1H3. The van der Waals surface area contributed by atoms with E-state index < -0.39 is 10.0 Å². The molecular formula is C13H19BrN2O2S2. The fraction of sp³-hybridized carbons (Fsp3) is 0.538. The second-order valence-electron chi connectivity index (χ2n) is 4.97. The van der Waals surface area contributed by atoms with E-state index in [2.05, 4.69) is 20.7 Å². The smallest absolute Gasteiger partial charge is 0.240 e. The summed E-state index contributed by atoms with van der Waals surface area (Å²) in [5.74, 6) is 0. The summed E-state index contributed by atoms with van der Waals surface area (Å²) in [6.45, 7) is 0. The van der Waals surface area contributed by atoms with E-state index in [9.17, 15) is 8.42 Å². The molecule has 3 N–H and O–H groups in total. The minimum Gasteiger partial charge on any atom is -0.398 e. The lowest BCUT2D eigenvalue weighted by Crippen LogP contribution is -2.43. The lowest BCUT2D eigenvalue weighted by atomic mass is 9.96. The number of hydrogen-bond donors (Lipinski definition) is 2. The summed E-state index contributed by atoms with van der Waals surface area (Å²) < 4.78 is 28.3. The Bertz CT molecular complexity index is 578. The van der Waals surface area contributed by atoms with Crippen molar-refractivity contribution in [1.82, 2.24) is 4.72 Å². The van der Waals surface area contributed by atoms with Crippen LogP contribution in [0.4, 0.5) is 5.69 Å². The van der Waals surface area contributed by atoms with Crippen LogP contribution in [0.5, 0.6) is 0 Å². The van der Waals surface area contributed by atoms with Crippen LogP contribution in [0.3, 0.4) is 0 Å². The van der Waals surface area contributed by atoms with E-state index in [1.165, 1.54) is 6.42 Å². The van der Waals surface area contributed by atoms with Gasteiger partial charge in [0, 0.05) is 21.5 Å². The van der Waals surface area contributed by atoms with Crippen LogP contribution in [-0.2, 0) is 10.0 Å². The van der Waals surface area contributed by atoms with Gasteiger partial charge < -0.3 is 5.73 Å². The van der Waals surface area contributed by atoms with Gasteiger partial charge in [-0.25, -0.2) is 13.1 Å². The molecule has 2 unspecified atom stereocenters. The lowest BCUT2D eigenvalue weighted by molar-refractivity contribution is 0.423. The molecule has 2 rings (SSSR count). The van der Waals surface area contributed by atoms with Gasteiger partial charge in [0.1, 0.15) is 0 Å². The monoisotopic (exact) mass is 378 g/mol. The van der Waals surface area contributed by atoms with Gasteiger partial charge in [0.15, 0.2) is 0 Å². The normalized spacial score (nSPS) is 23.7. The zero-order valence-electron chi connectivity index (χ0n) is 11.3. The van der Waals surface area contributed by atoms with Crippen LogP contribution in [0.2, 0.25) is 0 Å². The third-order valence-electron chi connectivity index (χ3n) is 3.59. The molecule has 1 fully saturated rings. The molecule has 0 bridgehead atoms. The Morgan fingerprint density at radius 3 is 2.70 bits per heavy atom. The van der Waals surface area contributed by atoms with Crippen LogP contribution in [-0.4, -0.2) is 26.0 Å². The van der Waals surface area contributed by atoms with Gasteiger partial charge in [0.25, 0.3) is 0 Å². The second-order valence-corrected chi connectivity index (χ2v) is 8.61. The molecule has 4 nitrogen and oxygen atoms in total. The number of halogens is 1. The highest BCUT2D eigenvalue weighted by Gasteiger charge is 2.29. The van der Waals surface area contributed by atoms with Crippen LogP contribution < -0.4 is 10.5 Å². The van der Waals surface area contributed by atoms with E-state index in [0.29, 0.717) is 15.4 Å². The highest BCUT2D eigenvalue weighted by Crippen LogP contribution is 2.29. The highest BCUT2D eigenvalue weighted by molar-refractivity contribution is 9.10. The number of rotatable bonds is 4. The molecule has 1 saturated carbocycles. The van der Waals surface area contributed by atoms with Crippen LogP contribution in [0, 0.1) is 0 Å². The number of hydrogen-bond acceptors (Lipinski definition) is 4. The van der Waals surface area contributed by atoms with Gasteiger partial charge in [-0.1, -0.05) is 12.8 Å². The zero-order valence-corrected chi connectivity index (χ0v) is 14.5. The average Bonchev–Trinajstić information content (AvgIpc) is 2.42. The molecule has 0 saturated heterocycles. The van der Waals surface area contributed by atoms with Crippen LogP contribution >= 0.6 is 27.7 Å². The van der Waals surface area contributed by atoms with Gasteiger partial charge >= 0.3 is 0 Å². The Balaban J connectivity index is 2.19. The van der Waals surface area contributed by atoms with Gasteiger partial charge in [-0.15, -0.1) is 0 Å². The molecule has 7 heteroatoms. The van der Waals surface area contributed by atoms with Gasteiger partial charge in [0.2, 0.25) is 10.0 Å². The molecule has 20 heavy (non-hydrogen) atoms. The van der Waals surface area contributed by atoms with Crippen molar-refractivity contribution in [3.8, 4) is 0 Å². The first-order valence-corrected chi connectivity index (χ1v) is 10.1. The van der Waals surface area contributed by atoms with Crippen molar-refractivity contribution in [2.75, 3.05) is 12.0 Å². The molecule has 1 aromatic rings. The van der Waals surface area contributed by atoms with Gasteiger partial charge in [-0.3, -0.25) is 0 Å². The fourth-order valence-corrected chi connectivity index (χ4v) is 5.34. The van der Waals surface area contributed by atoms with Crippen molar-refractivity contribution in [1.29, 1.82) is 0 Å². The summed E-state index contributed by atoms with van der Waals surface area (Å²) in [5.41, 5.74) is 6.23. The summed E-state index contributed by atoms with van der Waals surface area (Å²) in [7, 11) is -3.49. The Morgan fingerprint density at radius 1 is 1.35 bits per heavy atom. The SMILES string of the molecule is CSC1CCCCC1NS(=O)(=O)c1ccc(N)c(Br)c1. The topological polar surface area (TPSA) is 72.2 Å². The number of benzene rings is 1. The Morgan fingerprint density at radius 2 is 2.05 bits per heavy atom. The Labute approximate surface area is 133 Å². The molecule has 2 atom stereocenters. The van der Waals surface area contributed by atoms with E-state index >= 15 is 0 Å². The molecule has 1 aliphatic rings. The minimum atomic E-state index is -3.49. The Hall–Kier alpha value is -0.240. The zero-order chi connectivity index (χ0) is 14.8. The molecule has 0 aromatic heterocycles. The van der Waals surface area contributed by atoms with Gasteiger partial charge in [-0.2, -0.15) is 11.8 Å². The van der Waals surface area contributed by atoms with Gasteiger partial charge in [-0.05, 0) is 53.2 Å². The Kier molecular flexibility index (Phi) is 5.39. The average molecular weight is 379 g/mol. The summed E-state index contributed by atoms with van der Waals surface area (Å²) in [6, 6.07) is 4.71. The van der Waals surface area contributed by atoms with E-state index in [-0.39, 0.29) is 10.9 Å². The van der Waals surface area contributed by atoms with Crippen molar-refractivity contribution >= 4 is 43.4 Å². The molecule has 1 aliphatic carbocycles. The second kappa shape index (κ2) is 6.68. The van der Waals surface area contributed by atoms with E-state index in [4.69, 9.17) is 5.73 Å². The van der Waals surface area contributed by atoms with Crippen molar-refractivity contribution < 1.29 is 8.42 Å². The predicted molar refractivity (Wildman–Crippen MR) is 88.4 cm³/mol. The minimum absolute atomic E-state index is 0.0140. The quantitative estimate of drug-likeness (QED) is 0.789. The largest absolute Gasteiger partial charge is 0.398 e. The third-order valence-corrected chi connectivity index (χ3v) is 6.94. The van der Waals surface area contributed by atoms with Crippen molar-refractivity contribution in [2.24, 2.45) is 0 Å². The molecule has 0 spiro atoms. The van der Waals surface area contributed by atoms with E-state index in [1.54, 1.807) is 30.0 Å². The van der Waals surface area contributed by atoms with Crippen LogP contribution in [0.25, 0.3) is 0 Å². The number of anilines is 1. The summed E-state index contributed by atoms with van der Waals surface area (Å²) in [5, 5.41) is 0.357. The van der Waals surface area contributed by atoms with Gasteiger partial charge in [0.05, 0.1) is 4.90 Å². The molecular weight excluding hydrogens is 360 g/mol. The number of thioether (sulfide) groups is 1. The predicted octanol–water partition coefficient (Wildman–Crippen LogP) is 2.98. The van der Waals surface area contributed by atoms with Crippen LogP contribution in [0.1, 0.15) is 25.7 Å². The molecule has 0 amide bonds. The first-order valence-electron chi connectivity index (χ1n) is 6.54. The first-order chi connectivity index (χ1) is 9.44. The number of nitrogens with two attached hydrogens (primary N) is 1. The molecule has 1 aromatic carbocycles. The molecule has 0 aliphatic heterocycles. The summed E-state index contributed by atoms with van der Waals surface area (Å²) in [6.07, 6.45) is 6.27. The summed E-state index contributed by atoms with van der Waals surface area (Å²) >= 11 is 5.01. The maximum atomic E-state index is 12.4. The third kappa shape index (κ3) is 3.69. The first kappa shape index (κ1) is 16.1. The van der Waals surface area contributed by atoms with E-state index in [0.717, 1.165) is 19.3 Å². The van der Waals surface area contributed by atoms with Crippen molar-refractivity contribution in [2.45, 2.75) is 41.9 Å². The number of nitrogens with one attached hydrogen (secondary N) is 1. The molecule has 112 valence electrons. The molecule has 0 heterocycles. The number of nitrogen functional groups attached to an aromatic ring is 1. The number of sulfonamides is 1. The summed E-state index contributed by atoms with van der Waals surface area (Å²) in [4.78, 5) is 0.254. The highest BCUT2D eigenvalue weighted by atomic mass is 79.9.